The first-order chi connectivity index (χ1) is 9.90. The van der Waals surface area contributed by atoms with Crippen LogP contribution in [0.15, 0.2) is 42.5 Å². The zero-order valence-electron chi connectivity index (χ0n) is 10.7. The Hall–Kier alpha value is -2.07. The molecule has 2 aromatic rings. The maximum Gasteiger partial charge on any atom is 0.417 e. The number of hydrogen-bond acceptors (Lipinski definition) is 1. The van der Waals surface area contributed by atoms with E-state index in [4.69, 9.17) is 11.6 Å². The molecule has 0 fully saturated rings. The van der Waals surface area contributed by atoms with Crippen LogP contribution < -0.4 is 0 Å². The molecule has 0 spiro atoms. The van der Waals surface area contributed by atoms with Gasteiger partial charge in [-0.25, -0.2) is 0 Å². The van der Waals surface area contributed by atoms with Gasteiger partial charge in [-0.15, -0.1) is 0 Å². The monoisotopic (exact) mass is 310 g/mol. The first-order valence-electron chi connectivity index (χ1n) is 6.00. The van der Waals surface area contributed by atoms with Crippen LogP contribution in [0.1, 0.15) is 27.0 Å². The van der Waals surface area contributed by atoms with E-state index in [9.17, 15) is 18.0 Å². The molecule has 5 heteroatoms. The average Bonchev–Trinajstić information content (AvgIpc) is 2.45. The summed E-state index contributed by atoms with van der Waals surface area (Å²) in [5.74, 6) is 0. The van der Waals surface area contributed by atoms with Gasteiger partial charge in [0.15, 0.2) is 0 Å². The summed E-state index contributed by atoms with van der Waals surface area (Å²) in [6.45, 7) is 0. The molecule has 0 unspecified atom stereocenters. The first kappa shape index (κ1) is 15.3. The van der Waals surface area contributed by atoms with Gasteiger partial charge in [-0.05, 0) is 29.3 Å². The van der Waals surface area contributed by atoms with Crippen LogP contribution in [0.5, 0.6) is 0 Å². The molecular weight excluding hydrogens is 301 g/mol. The topological polar surface area (TPSA) is 17.1 Å². The number of carbonyl (C=O) groups is 1. The summed E-state index contributed by atoms with van der Waals surface area (Å²) in [6.07, 6.45) is -0.606. The minimum Gasteiger partial charge on any atom is -0.298 e. The number of alkyl halides is 3. The number of hydrogen-bond donors (Lipinski definition) is 0. The molecule has 0 aliphatic heterocycles. The lowest BCUT2D eigenvalue weighted by Gasteiger charge is -2.09. The van der Waals surface area contributed by atoms with E-state index < -0.39 is 11.7 Å². The molecular formula is C16H10ClF3O. The van der Waals surface area contributed by atoms with E-state index in [0.717, 1.165) is 11.6 Å². The highest BCUT2D eigenvalue weighted by molar-refractivity contribution is 6.31. The minimum absolute atomic E-state index is 0.331. The van der Waals surface area contributed by atoms with Gasteiger partial charge in [0.05, 0.1) is 10.6 Å². The molecule has 1 nitrogen and oxygen atoms in total. The maximum absolute atomic E-state index is 12.7. The van der Waals surface area contributed by atoms with Crippen molar-refractivity contribution >= 4 is 30.0 Å². The van der Waals surface area contributed by atoms with Gasteiger partial charge in [0.2, 0.25) is 0 Å². The lowest BCUT2D eigenvalue weighted by molar-refractivity contribution is -0.137. The van der Waals surface area contributed by atoms with Crippen molar-refractivity contribution in [3.05, 3.63) is 69.7 Å². The first-order valence-corrected chi connectivity index (χ1v) is 6.38. The summed E-state index contributed by atoms with van der Waals surface area (Å²) >= 11 is 5.55. The lowest BCUT2D eigenvalue weighted by atomic mass is 10.1. The highest BCUT2D eigenvalue weighted by Crippen LogP contribution is 2.35. The highest BCUT2D eigenvalue weighted by Gasteiger charge is 2.33. The molecule has 0 aliphatic rings. The largest absolute Gasteiger partial charge is 0.417 e. The summed E-state index contributed by atoms with van der Waals surface area (Å²) in [7, 11) is 0. The van der Waals surface area contributed by atoms with Crippen LogP contribution in [-0.4, -0.2) is 6.29 Å². The Morgan fingerprint density at radius 2 is 1.52 bits per heavy atom. The van der Waals surface area contributed by atoms with E-state index >= 15 is 0 Å². The zero-order chi connectivity index (χ0) is 15.5. The second-order valence-electron chi connectivity index (χ2n) is 4.36. The van der Waals surface area contributed by atoms with Crippen LogP contribution in [0.4, 0.5) is 13.2 Å². The van der Waals surface area contributed by atoms with E-state index in [1.165, 1.54) is 18.2 Å². The molecule has 0 heterocycles. The zero-order valence-corrected chi connectivity index (χ0v) is 11.4. The Morgan fingerprint density at radius 1 is 0.905 bits per heavy atom. The molecule has 2 aromatic carbocycles. The predicted octanol–water partition coefficient (Wildman–Crippen LogP) is 5.34. The molecule has 108 valence electrons. The third-order valence-electron chi connectivity index (χ3n) is 2.81. The molecule has 2 rings (SSSR count). The number of carbonyl (C=O) groups excluding carboxylic acids is 1. The van der Waals surface area contributed by atoms with Gasteiger partial charge < -0.3 is 0 Å². The van der Waals surface area contributed by atoms with Gasteiger partial charge >= 0.3 is 6.18 Å². The third kappa shape index (κ3) is 3.95. The Balaban J connectivity index is 2.31. The summed E-state index contributed by atoms with van der Waals surface area (Å²) in [5, 5.41) is -0.331. The predicted molar refractivity (Wildman–Crippen MR) is 77.2 cm³/mol. The Bertz CT molecular complexity index is 690. The summed E-state index contributed by atoms with van der Waals surface area (Å²) < 4.78 is 38.2. The molecule has 0 aromatic heterocycles. The molecule has 0 atom stereocenters. The van der Waals surface area contributed by atoms with Gasteiger partial charge in [0.1, 0.15) is 6.29 Å². The fourth-order valence-corrected chi connectivity index (χ4v) is 2.02. The van der Waals surface area contributed by atoms with Crippen molar-refractivity contribution in [1.82, 2.24) is 0 Å². The van der Waals surface area contributed by atoms with E-state index in [2.05, 4.69) is 0 Å². The molecule has 0 aliphatic carbocycles. The van der Waals surface area contributed by atoms with Gasteiger partial charge in [-0.1, -0.05) is 48.0 Å². The maximum atomic E-state index is 12.7. The van der Waals surface area contributed by atoms with Crippen molar-refractivity contribution < 1.29 is 18.0 Å². The number of halogens is 4. The molecule has 0 N–H and O–H groups in total. The number of benzene rings is 2. The standard InChI is InChI=1S/C16H10ClF3O/c17-15-7-6-12(9-14(15)16(18,19)20)5-4-11-2-1-3-13(8-11)10-21/h1-10H/b5-4+. The number of aldehydes is 1. The Labute approximate surface area is 124 Å². The Kier molecular flexibility index (Phi) is 4.48. The molecule has 0 bridgehead atoms. The quantitative estimate of drug-likeness (QED) is 0.552. The van der Waals surface area contributed by atoms with Crippen LogP contribution in [0, 0.1) is 0 Å². The molecule has 0 amide bonds. The van der Waals surface area contributed by atoms with Crippen molar-refractivity contribution in [3.8, 4) is 0 Å². The average molecular weight is 311 g/mol. The van der Waals surface area contributed by atoms with Crippen molar-refractivity contribution in [2.75, 3.05) is 0 Å². The normalized spacial score (nSPS) is 11.8. The van der Waals surface area contributed by atoms with Crippen LogP contribution >= 0.6 is 11.6 Å². The lowest BCUT2D eigenvalue weighted by Crippen LogP contribution is -2.05. The Morgan fingerprint density at radius 3 is 2.14 bits per heavy atom. The minimum atomic E-state index is -4.49. The molecule has 0 saturated carbocycles. The van der Waals surface area contributed by atoms with Crippen molar-refractivity contribution in [1.29, 1.82) is 0 Å². The van der Waals surface area contributed by atoms with Crippen molar-refractivity contribution in [2.45, 2.75) is 6.18 Å². The van der Waals surface area contributed by atoms with Crippen molar-refractivity contribution in [3.63, 3.8) is 0 Å². The van der Waals surface area contributed by atoms with E-state index in [-0.39, 0.29) is 5.02 Å². The van der Waals surface area contributed by atoms with Gasteiger partial charge in [-0.3, -0.25) is 4.79 Å². The summed E-state index contributed by atoms with van der Waals surface area (Å²) in [6, 6.07) is 10.4. The second kappa shape index (κ2) is 6.14. The molecule has 0 radical (unpaired) electrons. The summed E-state index contributed by atoms with van der Waals surface area (Å²) in [4.78, 5) is 10.7. The fraction of sp³-hybridized carbons (Fsp3) is 0.0625. The van der Waals surface area contributed by atoms with Crippen LogP contribution in [-0.2, 0) is 6.18 Å². The van der Waals surface area contributed by atoms with E-state index in [1.807, 2.05) is 0 Å². The van der Waals surface area contributed by atoms with Gasteiger partial charge in [-0.2, -0.15) is 13.2 Å². The molecule has 0 saturated heterocycles. The number of rotatable bonds is 3. The fourth-order valence-electron chi connectivity index (χ4n) is 1.79. The molecule has 21 heavy (non-hydrogen) atoms. The van der Waals surface area contributed by atoms with Gasteiger partial charge in [0.25, 0.3) is 0 Å². The van der Waals surface area contributed by atoms with Crippen LogP contribution in [0.2, 0.25) is 5.02 Å². The van der Waals surface area contributed by atoms with Crippen LogP contribution in [0.3, 0.4) is 0 Å². The highest BCUT2D eigenvalue weighted by atomic mass is 35.5. The van der Waals surface area contributed by atoms with E-state index in [0.29, 0.717) is 17.4 Å². The third-order valence-corrected chi connectivity index (χ3v) is 3.14. The SMILES string of the molecule is O=Cc1cccc(/C=C/c2ccc(Cl)c(C(F)(F)F)c2)c1. The summed E-state index contributed by atoms with van der Waals surface area (Å²) in [5.41, 5.74) is 0.739. The van der Waals surface area contributed by atoms with Gasteiger partial charge in [0, 0.05) is 5.56 Å². The van der Waals surface area contributed by atoms with E-state index in [1.54, 1.807) is 30.3 Å². The van der Waals surface area contributed by atoms with Crippen molar-refractivity contribution in [2.24, 2.45) is 0 Å². The van der Waals surface area contributed by atoms with Crippen LogP contribution in [0.25, 0.3) is 12.2 Å². The second-order valence-corrected chi connectivity index (χ2v) is 4.77. The smallest absolute Gasteiger partial charge is 0.298 e.